The normalized spacial score (nSPS) is 12.2. The number of hydrogen-bond acceptors (Lipinski definition) is 3. The summed E-state index contributed by atoms with van der Waals surface area (Å²) < 4.78 is 10.5. The van der Waals surface area contributed by atoms with Crippen LogP contribution in [0.15, 0.2) is 18.2 Å². The molecule has 0 saturated heterocycles. The quantitative estimate of drug-likeness (QED) is 0.700. The van der Waals surface area contributed by atoms with Crippen LogP contribution in [-0.4, -0.2) is 40.7 Å². The van der Waals surface area contributed by atoms with Gasteiger partial charge in [-0.05, 0) is 45.3 Å². The average molecular weight is 221 g/mol. The number of hydrogen-bond donors (Lipinski definition) is 0. The largest absolute Gasteiger partial charge is 0.454 e. The Morgan fingerprint density at radius 1 is 1.19 bits per heavy atom. The Bertz CT molecular complexity index is 326. The molecular weight excluding hydrogens is 201 g/mol. The summed E-state index contributed by atoms with van der Waals surface area (Å²) in [5, 5.41) is 0. The third kappa shape index (κ3) is 4.15. The highest BCUT2D eigenvalue weighted by Gasteiger charge is 2.12. The second kappa shape index (κ2) is 6.43. The molecule has 0 saturated carbocycles. The average Bonchev–Trinajstić information content (AvgIpc) is 2.64. The maximum atomic E-state index is 5.26. The third-order valence-electron chi connectivity index (χ3n) is 1.98. The first-order valence-electron chi connectivity index (χ1n) is 5.63. The predicted molar refractivity (Wildman–Crippen MR) is 69.2 cm³/mol. The predicted octanol–water partition coefficient (Wildman–Crippen LogP) is 1.19. The number of benzene rings is 1. The molecule has 0 fully saturated rings. The molecule has 0 unspecified atom stereocenters. The molecule has 1 aromatic carbocycles. The van der Waals surface area contributed by atoms with Crippen molar-refractivity contribution in [3.8, 4) is 11.5 Å². The van der Waals surface area contributed by atoms with Gasteiger partial charge in [-0.15, -0.1) is 0 Å². The van der Waals surface area contributed by atoms with Gasteiger partial charge in [0.25, 0.3) is 0 Å². The Kier molecular flexibility index (Phi) is 5.19. The molecule has 1 aliphatic rings. The van der Waals surface area contributed by atoms with E-state index < -0.39 is 0 Å². The zero-order chi connectivity index (χ0) is 12.0. The highest BCUT2D eigenvalue weighted by Crippen LogP contribution is 2.32. The molecule has 88 valence electrons. The molecule has 0 bridgehead atoms. The second-order valence-corrected chi connectivity index (χ2v) is 4.28. The summed E-state index contributed by atoms with van der Waals surface area (Å²) in [5.74, 6) is 1.76. The van der Waals surface area contributed by atoms with Gasteiger partial charge in [-0.1, -0.05) is 12.4 Å². The van der Waals surface area contributed by atoms with Crippen LogP contribution < -0.4 is 9.47 Å². The zero-order valence-electron chi connectivity index (χ0n) is 10.6. The van der Waals surface area contributed by atoms with E-state index in [9.17, 15) is 0 Å². The van der Waals surface area contributed by atoms with Gasteiger partial charge < -0.3 is 14.4 Å². The lowest BCUT2D eigenvalue weighted by molar-refractivity contribution is 0.174. The minimum atomic E-state index is 0.366. The summed E-state index contributed by atoms with van der Waals surface area (Å²) >= 11 is 0. The first-order valence-corrected chi connectivity index (χ1v) is 5.63. The number of rotatable bonds is 2. The van der Waals surface area contributed by atoms with E-state index in [0.29, 0.717) is 6.79 Å². The summed E-state index contributed by atoms with van der Waals surface area (Å²) in [7, 11) is 8.17. The van der Waals surface area contributed by atoms with Crippen molar-refractivity contribution in [1.82, 2.24) is 4.90 Å². The van der Waals surface area contributed by atoms with Gasteiger partial charge in [-0.2, -0.15) is 0 Å². The lowest BCUT2D eigenvalue weighted by atomic mass is 9.97. The SMILES string of the molecule is BCCc1ccc2c(c1)OCO2.CN(C)C. The first-order chi connectivity index (χ1) is 7.63. The molecule has 2 rings (SSSR count). The van der Waals surface area contributed by atoms with Crippen molar-refractivity contribution >= 4 is 7.85 Å². The Morgan fingerprint density at radius 3 is 2.44 bits per heavy atom. The van der Waals surface area contributed by atoms with Crippen LogP contribution in [0.25, 0.3) is 0 Å². The van der Waals surface area contributed by atoms with Crippen molar-refractivity contribution in [2.24, 2.45) is 0 Å². The fourth-order valence-electron chi connectivity index (χ4n) is 1.39. The van der Waals surface area contributed by atoms with Crippen LogP contribution >= 0.6 is 0 Å². The number of ether oxygens (including phenoxy) is 2. The molecule has 1 aromatic rings. The molecule has 0 radical (unpaired) electrons. The molecule has 1 heterocycles. The van der Waals surface area contributed by atoms with Crippen molar-refractivity contribution < 1.29 is 9.47 Å². The molecule has 16 heavy (non-hydrogen) atoms. The summed E-state index contributed by atoms with van der Waals surface area (Å²) in [4.78, 5) is 2.00. The van der Waals surface area contributed by atoms with Gasteiger partial charge in [0.15, 0.2) is 11.5 Å². The van der Waals surface area contributed by atoms with Crippen LogP contribution in [0.1, 0.15) is 5.56 Å². The molecule has 0 amide bonds. The van der Waals surface area contributed by atoms with Crippen LogP contribution in [0.5, 0.6) is 11.5 Å². The fraction of sp³-hybridized carbons (Fsp3) is 0.500. The Balaban J connectivity index is 0.000000280. The number of fused-ring (bicyclic) bond motifs is 1. The van der Waals surface area contributed by atoms with Gasteiger partial charge >= 0.3 is 0 Å². The zero-order valence-corrected chi connectivity index (χ0v) is 10.6. The molecule has 0 aromatic heterocycles. The van der Waals surface area contributed by atoms with Crippen molar-refractivity contribution in [3.05, 3.63) is 23.8 Å². The van der Waals surface area contributed by atoms with Crippen LogP contribution in [-0.2, 0) is 6.42 Å². The standard InChI is InChI=1S/C9H11BO2.C3H9N/c10-4-3-7-1-2-8-9(5-7)12-6-11-8;1-4(2)3/h1-2,5H,3-4,6,10H2;1-3H3. The molecule has 0 aliphatic carbocycles. The van der Waals surface area contributed by atoms with Crippen LogP contribution in [0.4, 0.5) is 0 Å². The van der Waals surface area contributed by atoms with E-state index in [-0.39, 0.29) is 0 Å². The Labute approximate surface area is 98.8 Å². The van der Waals surface area contributed by atoms with Crippen molar-refractivity contribution in [2.75, 3.05) is 27.9 Å². The van der Waals surface area contributed by atoms with Gasteiger partial charge in [0.2, 0.25) is 6.79 Å². The van der Waals surface area contributed by atoms with E-state index in [2.05, 4.69) is 20.0 Å². The third-order valence-corrected chi connectivity index (χ3v) is 1.98. The molecule has 0 atom stereocenters. The summed E-state index contributed by atoms with van der Waals surface area (Å²) in [6, 6.07) is 6.14. The second-order valence-electron chi connectivity index (χ2n) is 4.28. The van der Waals surface area contributed by atoms with Crippen molar-refractivity contribution in [3.63, 3.8) is 0 Å². The molecule has 0 spiro atoms. The van der Waals surface area contributed by atoms with E-state index in [1.807, 2.05) is 32.1 Å². The van der Waals surface area contributed by atoms with Crippen LogP contribution in [0, 0.1) is 0 Å². The van der Waals surface area contributed by atoms with Gasteiger partial charge in [-0.3, -0.25) is 0 Å². The summed E-state index contributed by atoms with van der Waals surface area (Å²) in [6.45, 7) is 0.366. The Morgan fingerprint density at radius 2 is 1.81 bits per heavy atom. The van der Waals surface area contributed by atoms with Gasteiger partial charge in [-0.25, -0.2) is 0 Å². The van der Waals surface area contributed by atoms with Gasteiger partial charge in [0, 0.05) is 0 Å². The monoisotopic (exact) mass is 221 g/mol. The molecule has 3 nitrogen and oxygen atoms in total. The van der Waals surface area contributed by atoms with E-state index in [1.54, 1.807) is 0 Å². The van der Waals surface area contributed by atoms with Crippen molar-refractivity contribution in [1.29, 1.82) is 0 Å². The molecule has 4 heteroatoms. The van der Waals surface area contributed by atoms with E-state index in [4.69, 9.17) is 9.47 Å². The lowest BCUT2D eigenvalue weighted by Gasteiger charge is -1.99. The minimum Gasteiger partial charge on any atom is -0.454 e. The Hall–Kier alpha value is -1.16. The highest BCUT2D eigenvalue weighted by atomic mass is 16.7. The maximum Gasteiger partial charge on any atom is 0.231 e. The van der Waals surface area contributed by atoms with E-state index in [0.717, 1.165) is 17.9 Å². The topological polar surface area (TPSA) is 21.7 Å². The summed E-state index contributed by atoms with van der Waals surface area (Å²) in [5.41, 5.74) is 1.32. The van der Waals surface area contributed by atoms with E-state index in [1.165, 1.54) is 11.9 Å². The minimum absolute atomic E-state index is 0.366. The smallest absolute Gasteiger partial charge is 0.231 e. The molecule has 1 aliphatic heterocycles. The number of nitrogens with zero attached hydrogens (tertiary/aromatic N) is 1. The first kappa shape index (κ1) is 12.9. The highest BCUT2D eigenvalue weighted by molar-refractivity contribution is 6.08. The van der Waals surface area contributed by atoms with Crippen LogP contribution in [0.3, 0.4) is 0 Å². The van der Waals surface area contributed by atoms with Crippen molar-refractivity contribution in [2.45, 2.75) is 12.7 Å². The van der Waals surface area contributed by atoms with E-state index >= 15 is 0 Å². The molecular formula is C12H20BNO2. The van der Waals surface area contributed by atoms with Crippen LogP contribution in [0.2, 0.25) is 6.32 Å². The summed E-state index contributed by atoms with van der Waals surface area (Å²) in [6.07, 6.45) is 2.27. The number of aryl methyl sites for hydroxylation is 1. The lowest BCUT2D eigenvalue weighted by Crippen LogP contribution is -1.99. The van der Waals surface area contributed by atoms with Gasteiger partial charge in [0.05, 0.1) is 0 Å². The molecule has 0 N–H and O–H groups in total. The van der Waals surface area contributed by atoms with Gasteiger partial charge in [0.1, 0.15) is 7.85 Å². The fourth-order valence-corrected chi connectivity index (χ4v) is 1.39. The maximum absolute atomic E-state index is 5.26.